The van der Waals surface area contributed by atoms with E-state index in [0.29, 0.717) is 46.5 Å². The number of nitrogens with one attached hydrogen (secondary N) is 2. The number of hydrogen-bond donors (Lipinski definition) is 2. The van der Waals surface area contributed by atoms with Gasteiger partial charge in [-0.1, -0.05) is 6.07 Å². The SMILES string of the molecule is COc1cncc(C(=O)Nc2cc3cn(C4CCC(CN5CCC6(CC5)CCN(c5cccc7c5n(C)c(=O)n7C5CCC(=O)NC5=O)CC6)CC4)nc3cc2OC)c1. The Morgan fingerprint density at radius 1 is 0.932 bits per heavy atom. The fraction of sp³-hybridized carbons (Fsp3) is 0.500. The highest BCUT2D eigenvalue weighted by atomic mass is 16.5. The fourth-order valence-electron chi connectivity index (χ4n) is 10.2. The zero-order valence-electron chi connectivity index (χ0n) is 34.1. The normalized spacial score (nSPS) is 22.5. The number of pyridine rings is 1. The number of ether oxygens (including phenoxy) is 2. The van der Waals surface area contributed by atoms with Crippen LogP contribution in [0.1, 0.15) is 86.6 Å². The second kappa shape index (κ2) is 15.8. The Kier molecular flexibility index (Phi) is 10.4. The smallest absolute Gasteiger partial charge is 0.329 e. The third-order valence-corrected chi connectivity index (χ3v) is 13.7. The summed E-state index contributed by atoms with van der Waals surface area (Å²) in [4.78, 5) is 60.3. The molecule has 2 aromatic carbocycles. The number of imide groups is 1. The van der Waals surface area contributed by atoms with E-state index in [9.17, 15) is 19.2 Å². The minimum absolute atomic E-state index is 0.227. The fourth-order valence-corrected chi connectivity index (χ4v) is 10.2. The van der Waals surface area contributed by atoms with Crippen LogP contribution in [0, 0.1) is 11.3 Å². The second-order valence-corrected chi connectivity index (χ2v) is 17.1. The van der Waals surface area contributed by atoms with Crippen LogP contribution in [-0.2, 0) is 16.6 Å². The maximum absolute atomic E-state index is 13.5. The van der Waals surface area contributed by atoms with Crippen molar-refractivity contribution in [1.82, 2.24) is 34.1 Å². The first-order chi connectivity index (χ1) is 28.6. The molecule has 3 amide bonds. The van der Waals surface area contributed by atoms with Crippen LogP contribution in [0.2, 0.25) is 0 Å². The summed E-state index contributed by atoms with van der Waals surface area (Å²) < 4.78 is 16.2. The van der Waals surface area contributed by atoms with Gasteiger partial charge in [-0.25, -0.2) is 4.79 Å². The van der Waals surface area contributed by atoms with Crippen molar-refractivity contribution in [2.45, 2.75) is 76.3 Å². The number of carbonyl (C=O) groups is 3. The number of hydrogen-bond acceptors (Lipinski definition) is 10. The average Bonchev–Trinajstić information content (AvgIpc) is 3.79. The molecule has 9 rings (SSSR count). The van der Waals surface area contributed by atoms with Crippen molar-refractivity contribution in [3.63, 3.8) is 0 Å². The number of aryl methyl sites for hydroxylation is 1. The van der Waals surface area contributed by atoms with Gasteiger partial charge in [-0.3, -0.25) is 38.5 Å². The first kappa shape index (κ1) is 38.8. The van der Waals surface area contributed by atoms with E-state index in [2.05, 4.69) is 42.4 Å². The summed E-state index contributed by atoms with van der Waals surface area (Å²) in [5, 5.41) is 11.3. The largest absolute Gasteiger partial charge is 0.495 e. The Morgan fingerprint density at radius 3 is 2.42 bits per heavy atom. The van der Waals surface area contributed by atoms with Crippen LogP contribution in [0.25, 0.3) is 21.9 Å². The van der Waals surface area contributed by atoms with Gasteiger partial charge < -0.3 is 24.6 Å². The average molecular weight is 804 g/mol. The Labute approximate surface area is 342 Å². The Balaban J connectivity index is 0.776. The molecule has 1 saturated carbocycles. The summed E-state index contributed by atoms with van der Waals surface area (Å²) in [5.74, 6) is 0.753. The Hall–Kier alpha value is -5.70. The van der Waals surface area contributed by atoms with Gasteiger partial charge in [0.1, 0.15) is 17.5 Å². The number of likely N-dealkylation sites (tertiary alicyclic amines) is 1. The van der Waals surface area contributed by atoms with Crippen molar-refractivity contribution < 1.29 is 23.9 Å². The van der Waals surface area contributed by atoms with Crippen molar-refractivity contribution in [3.8, 4) is 11.5 Å². The number of methoxy groups -OCH3 is 2. The van der Waals surface area contributed by atoms with E-state index in [1.807, 2.05) is 24.3 Å². The lowest BCUT2D eigenvalue weighted by Crippen LogP contribution is -2.48. The lowest BCUT2D eigenvalue weighted by atomic mass is 9.71. The minimum atomic E-state index is -0.687. The van der Waals surface area contributed by atoms with Gasteiger partial charge in [0.2, 0.25) is 11.8 Å². The minimum Gasteiger partial charge on any atom is -0.495 e. The van der Waals surface area contributed by atoms with Gasteiger partial charge in [0.15, 0.2) is 0 Å². The molecule has 0 radical (unpaired) electrons. The molecule has 3 saturated heterocycles. The lowest BCUT2D eigenvalue weighted by molar-refractivity contribution is -0.135. The van der Waals surface area contributed by atoms with Gasteiger partial charge in [-0.05, 0) is 106 Å². The maximum Gasteiger partial charge on any atom is 0.329 e. The summed E-state index contributed by atoms with van der Waals surface area (Å²) in [5.41, 5.74) is 4.56. The first-order valence-electron chi connectivity index (χ1n) is 21.0. The van der Waals surface area contributed by atoms with E-state index >= 15 is 0 Å². The summed E-state index contributed by atoms with van der Waals surface area (Å²) in [6.45, 7) is 5.30. The van der Waals surface area contributed by atoms with Crippen molar-refractivity contribution in [2.24, 2.45) is 18.4 Å². The lowest BCUT2D eigenvalue weighted by Gasteiger charge is -2.48. The highest BCUT2D eigenvalue weighted by molar-refractivity contribution is 6.06. The molecule has 1 atom stereocenters. The number of amides is 3. The van der Waals surface area contributed by atoms with Crippen molar-refractivity contribution in [3.05, 3.63) is 71.0 Å². The van der Waals surface area contributed by atoms with Crippen molar-refractivity contribution in [1.29, 1.82) is 0 Å². The summed E-state index contributed by atoms with van der Waals surface area (Å²) in [6.07, 6.45) is 14.9. The zero-order valence-corrected chi connectivity index (χ0v) is 34.1. The van der Waals surface area contributed by atoms with E-state index in [-0.39, 0.29) is 23.9 Å². The number of piperidine rings is 3. The molecule has 0 bridgehead atoms. The van der Waals surface area contributed by atoms with Crippen molar-refractivity contribution in [2.75, 3.05) is 57.2 Å². The molecule has 1 unspecified atom stereocenters. The molecule has 3 aromatic heterocycles. The van der Waals surface area contributed by atoms with Crippen LogP contribution in [0.4, 0.5) is 11.4 Å². The number of imidazole rings is 1. The highest BCUT2D eigenvalue weighted by Crippen LogP contribution is 2.44. The second-order valence-electron chi connectivity index (χ2n) is 17.1. The number of fused-ring (bicyclic) bond motifs is 2. The number of rotatable bonds is 9. The molecule has 4 aliphatic rings. The molecular weight excluding hydrogens is 751 g/mol. The summed E-state index contributed by atoms with van der Waals surface area (Å²) in [6, 6.07) is 11.1. The molecule has 2 N–H and O–H groups in total. The number of benzene rings is 2. The van der Waals surface area contributed by atoms with Crippen LogP contribution in [0.5, 0.6) is 11.5 Å². The molecule has 3 aliphatic heterocycles. The summed E-state index contributed by atoms with van der Waals surface area (Å²) >= 11 is 0. The molecule has 5 aromatic rings. The molecule has 4 fully saturated rings. The highest BCUT2D eigenvalue weighted by Gasteiger charge is 2.39. The molecule has 59 heavy (non-hydrogen) atoms. The molecule has 310 valence electrons. The van der Waals surface area contributed by atoms with E-state index in [0.717, 1.165) is 86.0 Å². The standard InChI is InChI=1S/C44H53N9O6/c1-49-40-35(5-4-6-36(40)53(43(49)57)37-11-12-39(54)47-42(37)56)51-19-15-44(16-20-51)13-17-50(18-14-44)26-28-7-9-31(10-8-28)52-27-30-22-34(38(59-3)23-33(30)48-52)46-41(55)29-21-32(58-2)25-45-24-29/h4-6,21-25,27-28,31,37H,7-20,26H2,1-3H3,(H,46,55)(H,47,54,56). The molecule has 15 nitrogen and oxygen atoms in total. The molecule has 1 aliphatic carbocycles. The molecule has 15 heteroatoms. The maximum atomic E-state index is 13.5. The predicted octanol–water partition coefficient (Wildman–Crippen LogP) is 5.45. The topological polar surface area (TPSA) is 158 Å². The predicted molar refractivity (Wildman–Crippen MR) is 224 cm³/mol. The van der Waals surface area contributed by atoms with E-state index in [1.54, 1.807) is 42.7 Å². The number of carbonyl (C=O) groups excluding carboxylic acids is 3. The van der Waals surface area contributed by atoms with Crippen LogP contribution in [-0.4, -0.2) is 93.5 Å². The van der Waals surface area contributed by atoms with Crippen molar-refractivity contribution >= 4 is 51.0 Å². The zero-order chi connectivity index (χ0) is 40.8. The van der Waals surface area contributed by atoms with E-state index < -0.39 is 11.9 Å². The number of anilines is 2. The van der Waals surface area contributed by atoms with Crippen LogP contribution >= 0.6 is 0 Å². The molecular formula is C44H53N9O6. The van der Waals surface area contributed by atoms with Gasteiger partial charge in [0.05, 0.1) is 59.9 Å². The first-order valence-corrected chi connectivity index (χ1v) is 21.0. The van der Waals surface area contributed by atoms with Crippen LogP contribution < -0.4 is 30.7 Å². The number of para-hydroxylation sites is 1. The van der Waals surface area contributed by atoms with Gasteiger partial charge in [-0.15, -0.1) is 0 Å². The Bertz CT molecular complexity index is 2460. The third-order valence-electron chi connectivity index (χ3n) is 13.7. The Morgan fingerprint density at radius 2 is 1.69 bits per heavy atom. The third kappa shape index (κ3) is 7.45. The number of aromatic nitrogens is 5. The molecule has 6 heterocycles. The van der Waals surface area contributed by atoms with E-state index in [1.165, 1.54) is 31.9 Å². The quantitative estimate of drug-likeness (QED) is 0.184. The van der Waals surface area contributed by atoms with Gasteiger partial charge in [0, 0.05) is 56.9 Å². The van der Waals surface area contributed by atoms with Gasteiger partial charge in [0.25, 0.3) is 5.91 Å². The monoisotopic (exact) mass is 803 g/mol. The van der Waals surface area contributed by atoms with Gasteiger partial charge >= 0.3 is 5.69 Å². The van der Waals surface area contributed by atoms with Crippen LogP contribution in [0.15, 0.2) is 59.8 Å². The molecule has 1 spiro atoms. The number of nitrogens with zero attached hydrogens (tertiary/aromatic N) is 7. The summed E-state index contributed by atoms with van der Waals surface area (Å²) in [7, 11) is 4.92. The van der Waals surface area contributed by atoms with Gasteiger partial charge in [-0.2, -0.15) is 5.10 Å². The van der Waals surface area contributed by atoms with Crippen LogP contribution in [0.3, 0.4) is 0 Å². The van der Waals surface area contributed by atoms with E-state index in [4.69, 9.17) is 14.6 Å².